The quantitative estimate of drug-likeness (QED) is 0.607. The molecule has 1 aromatic heterocycles. The van der Waals surface area contributed by atoms with Crippen molar-refractivity contribution in [1.29, 1.82) is 0 Å². The van der Waals surface area contributed by atoms with Gasteiger partial charge in [-0.25, -0.2) is 9.59 Å². The highest BCUT2D eigenvalue weighted by Gasteiger charge is 2.07. The van der Waals surface area contributed by atoms with Crippen molar-refractivity contribution in [3.05, 3.63) is 23.9 Å². The van der Waals surface area contributed by atoms with E-state index < -0.39 is 17.9 Å². The highest BCUT2D eigenvalue weighted by atomic mass is 16.5. The molecule has 1 heterocycles. The van der Waals surface area contributed by atoms with E-state index in [1.807, 2.05) is 5.32 Å². The average Bonchev–Trinajstić information content (AvgIpc) is 2.70. The minimum Gasteiger partial charge on any atom is -0.478 e. The van der Waals surface area contributed by atoms with Crippen molar-refractivity contribution in [1.82, 2.24) is 20.8 Å². The first kappa shape index (κ1) is 13.4. The third kappa shape index (κ3) is 4.88. The molecule has 9 heteroatoms. The standard InChI is InChI=1S/C9H10N4O5/c1-5-11-6(13-18-5)4-10-9(17)12-7(14)2-3-8(15)16/h2-3H,4H2,1H3,(H,15,16)(H2,10,12,14,17)/b3-2+. The van der Waals surface area contributed by atoms with Crippen LogP contribution >= 0.6 is 0 Å². The number of amides is 3. The fourth-order valence-electron chi connectivity index (χ4n) is 0.917. The van der Waals surface area contributed by atoms with Gasteiger partial charge in [0, 0.05) is 19.1 Å². The fourth-order valence-corrected chi connectivity index (χ4v) is 0.917. The van der Waals surface area contributed by atoms with Crippen LogP contribution in [0.5, 0.6) is 0 Å². The number of imide groups is 1. The van der Waals surface area contributed by atoms with E-state index in [-0.39, 0.29) is 12.4 Å². The Balaban J connectivity index is 2.33. The summed E-state index contributed by atoms with van der Waals surface area (Å²) < 4.78 is 4.67. The van der Waals surface area contributed by atoms with Gasteiger partial charge in [0.15, 0.2) is 5.82 Å². The predicted octanol–water partition coefficient (Wildman–Crippen LogP) is -0.655. The second-order valence-corrected chi connectivity index (χ2v) is 3.07. The Morgan fingerprint density at radius 3 is 2.67 bits per heavy atom. The summed E-state index contributed by atoms with van der Waals surface area (Å²) in [5.41, 5.74) is 0. The van der Waals surface area contributed by atoms with Gasteiger partial charge >= 0.3 is 12.0 Å². The number of aliphatic carboxylic acids is 1. The molecule has 1 rings (SSSR count). The molecule has 0 saturated carbocycles. The van der Waals surface area contributed by atoms with Crippen LogP contribution in [0.1, 0.15) is 11.7 Å². The third-order valence-electron chi connectivity index (χ3n) is 1.59. The molecular weight excluding hydrogens is 244 g/mol. The summed E-state index contributed by atoms with van der Waals surface area (Å²) in [4.78, 5) is 36.1. The first-order valence-electron chi connectivity index (χ1n) is 4.76. The van der Waals surface area contributed by atoms with E-state index in [9.17, 15) is 14.4 Å². The van der Waals surface area contributed by atoms with Crippen LogP contribution in [0.4, 0.5) is 4.79 Å². The molecule has 3 amide bonds. The van der Waals surface area contributed by atoms with Gasteiger partial charge in [-0.2, -0.15) is 4.98 Å². The molecule has 0 aliphatic rings. The van der Waals surface area contributed by atoms with E-state index in [2.05, 4.69) is 20.0 Å². The lowest BCUT2D eigenvalue weighted by Gasteiger charge is -2.01. The number of nitrogens with one attached hydrogen (secondary N) is 2. The Labute approximate surface area is 101 Å². The first-order valence-corrected chi connectivity index (χ1v) is 4.76. The number of carbonyl (C=O) groups excluding carboxylic acids is 2. The number of aromatic nitrogens is 2. The Morgan fingerprint density at radius 1 is 1.39 bits per heavy atom. The summed E-state index contributed by atoms with van der Waals surface area (Å²) in [5.74, 6) is -1.52. The molecule has 18 heavy (non-hydrogen) atoms. The summed E-state index contributed by atoms with van der Waals surface area (Å²) in [6.45, 7) is 1.58. The SMILES string of the molecule is Cc1nc(CNC(=O)NC(=O)/C=C/C(=O)O)no1. The molecule has 0 radical (unpaired) electrons. The number of hydrogen-bond acceptors (Lipinski definition) is 6. The lowest BCUT2D eigenvalue weighted by molar-refractivity contribution is -0.131. The van der Waals surface area contributed by atoms with E-state index in [0.717, 1.165) is 6.08 Å². The highest BCUT2D eigenvalue weighted by Crippen LogP contribution is 1.93. The second-order valence-electron chi connectivity index (χ2n) is 3.07. The van der Waals surface area contributed by atoms with Crippen LogP contribution < -0.4 is 10.6 Å². The number of urea groups is 1. The van der Waals surface area contributed by atoms with Crippen molar-refractivity contribution in [2.45, 2.75) is 13.5 Å². The number of carboxylic acid groups (broad SMARTS) is 1. The van der Waals surface area contributed by atoms with Crippen molar-refractivity contribution in [2.75, 3.05) is 0 Å². The third-order valence-corrected chi connectivity index (χ3v) is 1.59. The van der Waals surface area contributed by atoms with E-state index in [0.29, 0.717) is 12.0 Å². The van der Waals surface area contributed by atoms with Crippen LogP contribution in [0, 0.1) is 6.92 Å². The number of carboxylic acids is 1. The van der Waals surface area contributed by atoms with E-state index in [1.165, 1.54) is 0 Å². The lowest BCUT2D eigenvalue weighted by Crippen LogP contribution is -2.38. The zero-order chi connectivity index (χ0) is 13.5. The minimum atomic E-state index is -1.28. The van der Waals surface area contributed by atoms with Crippen LogP contribution in [0.3, 0.4) is 0 Å². The van der Waals surface area contributed by atoms with Crippen LogP contribution in [0.25, 0.3) is 0 Å². The minimum absolute atomic E-state index is 0.0148. The number of carbonyl (C=O) groups is 3. The highest BCUT2D eigenvalue weighted by molar-refractivity contribution is 6.02. The maximum atomic E-state index is 11.2. The van der Waals surface area contributed by atoms with Crippen molar-refractivity contribution in [2.24, 2.45) is 0 Å². The zero-order valence-electron chi connectivity index (χ0n) is 9.34. The van der Waals surface area contributed by atoms with Crippen molar-refractivity contribution in [3.63, 3.8) is 0 Å². The van der Waals surface area contributed by atoms with Crippen LogP contribution in [0.2, 0.25) is 0 Å². The monoisotopic (exact) mass is 254 g/mol. The molecule has 0 saturated heterocycles. The zero-order valence-corrected chi connectivity index (χ0v) is 9.34. The van der Waals surface area contributed by atoms with E-state index in [1.54, 1.807) is 6.92 Å². The van der Waals surface area contributed by atoms with Crippen LogP contribution in [-0.2, 0) is 16.1 Å². The van der Waals surface area contributed by atoms with Crippen LogP contribution in [-0.4, -0.2) is 33.2 Å². The Kier molecular flexibility index (Phi) is 4.55. The summed E-state index contributed by atoms with van der Waals surface area (Å²) in [5, 5.41) is 16.0. The average molecular weight is 254 g/mol. The summed E-state index contributed by atoms with van der Waals surface area (Å²) in [7, 11) is 0. The van der Waals surface area contributed by atoms with Gasteiger partial charge in [0.05, 0.1) is 6.54 Å². The van der Waals surface area contributed by atoms with Gasteiger partial charge in [-0.15, -0.1) is 0 Å². The largest absolute Gasteiger partial charge is 0.478 e. The molecule has 0 aliphatic carbocycles. The molecule has 96 valence electrons. The summed E-state index contributed by atoms with van der Waals surface area (Å²) in [6, 6.07) is -0.794. The van der Waals surface area contributed by atoms with Gasteiger partial charge in [0.2, 0.25) is 5.89 Å². The number of aryl methyl sites for hydroxylation is 1. The predicted molar refractivity (Wildman–Crippen MR) is 56.2 cm³/mol. The summed E-state index contributed by atoms with van der Waals surface area (Å²) in [6.07, 6.45) is 1.34. The number of rotatable bonds is 4. The normalized spacial score (nSPS) is 10.3. The number of nitrogens with zero attached hydrogens (tertiary/aromatic N) is 2. The molecule has 0 atom stereocenters. The van der Waals surface area contributed by atoms with Gasteiger partial charge in [-0.3, -0.25) is 10.1 Å². The molecule has 1 aromatic rings. The van der Waals surface area contributed by atoms with Gasteiger partial charge in [-0.1, -0.05) is 5.16 Å². The molecule has 0 bridgehead atoms. The molecular formula is C9H10N4O5. The van der Waals surface area contributed by atoms with Crippen molar-refractivity contribution >= 4 is 17.9 Å². The first-order chi connectivity index (χ1) is 8.47. The Bertz CT molecular complexity index is 493. The Hall–Kier alpha value is -2.71. The van der Waals surface area contributed by atoms with Crippen LogP contribution in [0.15, 0.2) is 16.7 Å². The molecule has 0 fully saturated rings. The maximum absolute atomic E-state index is 11.2. The van der Waals surface area contributed by atoms with E-state index in [4.69, 9.17) is 5.11 Å². The van der Waals surface area contributed by atoms with Gasteiger partial charge < -0.3 is 14.9 Å². The fraction of sp³-hybridized carbons (Fsp3) is 0.222. The molecule has 0 unspecified atom stereocenters. The van der Waals surface area contributed by atoms with Crippen molar-refractivity contribution in [3.8, 4) is 0 Å². The molecule has 0 aliphatic heterocycles. The molecule has 3 N–H and O–H groups in total. The summed E-state index contributed by atoms with van der Waals surface area (Å²) >= 11 is 0. The van der Waals surface area contributed by atoms with E-state index >= 15 is 0 Å². The number of hydrogen-bond donors (Lipinski definition) is 3. The second kappa shape index (κ2) is 6.13. The van der Waals surface area contributed by atoms with Crippen molar-refractivity contribution < 1.29 is 24.0 Å². The Morgan fingerprint density at radius 2 is 2.11 bits per heavy atom. The lowest BCUT2D eigenvalue weighted by atomic mass is 10.5. The van der Waals surface area contributed by atoms with Gasteiger partial charge in [0.25, 0.3) is 5.91 Å². The maximum Gasteiger partial charge on any atom is 0.328 e. The topological polar surface area (TPSA) is 134 Å². The van der Waals surface area contributed by atoms with Gasteiger partial charge in [0.1, 0.15) is 0 Å². The molecule has 0 aromatic carbocycles. The molecule has 9 nitrogen and oxygen atoms in total. The molecule has 0 spiro atoms. The smallest absolute Gasteiger partial charge is 0.328 e. The van der Waals surface area contributed by atoms with Gasteiger partial charge in [-0.05, 0) is 0 Å².